The van der Waals surface area contributed by atoms with E-state index in [0.717, 1.165) is 10.7 Å². The van der Waals surface area contributed by atoms with Gasteiger partial charge in [0.25, 0.3) is 0 Å². The van der Waals surface area contributed by atoms with Gasteiger partial charge in [-0.05, 0) is 19.1 Å². The Kier molecular flexibility index (Phi) is 2.87. The van der Waals surface area contributed by atoms with Crippen LogP contribution >= 0.6 is 11.3 Å². The van der Waals surface area contributed by atoms with Gasteiger partial charge in [0.05, 0.1) is 17.1 Å². The number of rotatable bonds is 3. The van der Waals surface area contributed by atoms with E-state index in [0.29, 0.717) is 12.0 Å². The lowest BCUT2D eigenvalue weighted by Gasteiger charge is -1.96. The van der Waals surface area contributed by atoms with Gasteiger partial charge in [-0.2, -0.15) is 0 Å². The molecule has 15 heavy (non-hydrogen) atoms. The Morgan fingerprint density at radius 3 is 3.00 bits per heavy atom. The highest BCUT2D eigenvalue weighted by molar-refractivity contribution is 7.09. The fourth-order valence-electron chi connectivity index (χ4n) is 1.28. The van der Waals surface area contributed by atoms with Crippen LogP contribution in [0.4, 0.5) is 0 Å². The number of aryl methyl sites for hydroxylation is 1. The van der Waals surface area contributed by atoms with E-state index in [9.17, 15) is 4.79 Å². The Morgan fingerprint density at radius 1 is 1.53 bits per heavy atom. The number of thiazole rings is 1. The smallest absolute Gasteiger partial charge is 0.170 e. The first-order chi connectivity index (χ1) is 7.25. The first kappa shape index (κ1) is 9.98. The van der Waals surface area contributed by atoms with E-state index < -0.39 is 0 Å². The average Bonchev–Trinajstić information content (AvgIpc) is 2.65. The van der Waals surface area contributed by atoms with Crippen LogP contribution in [0.3, 0.4) is 0 Å². The number of aromatic nitrogens is 2. The van der Waals surface area contributed by atoms with Crippen LogP contribution in [-0.4, -0.2) is 15.8 Å². The van der Waals surface area contributed by atoms with E-state index in [4.69, 9.17) is 0 Å². The van der Waals surface area contributed by atoms with Crippen molar-refractivity contribution >= 4 is 17.1 Å². The van der Waals surface area contributed by atoms with Crippen molar-refractivity contribution in [2.75, 3.05) is 0 Å². The summed E-state index contributed by atoms with van der Waals surface area (Å²) in [6, 6.07) is 3.54. The van der Waals surface area contributed by atoms with Crippen molar-refractivity contribution in [1.29, 1.82) is 0 Å². The maximum absolute atomic E-state index is 11.7. The first-order valence-electron chi connectivity index (χ1n) is 4.60. The topological polar surface area (TPSA) is 42.9 Å². The van der Waals surface area contributed by atoms with Crippen LogP contribution in [0.1, 0.15) is 21.1 Å². The molecule has 0 saturated carbocycles. The average molecular weight is 218 g/mol. The molecule has 0 aliphatic rings. The van der Waals surface area contributed by atoms with Gasteiger partial charge in [0.15, 0.2) is 5.78 Å². The second-order valence-corrected chi connectivity index (χ2v) is 4.26. The van der Waals surface area contributed by atoms with Crippen LogP contribution in [0.15, 0.2) is 29.9 Å². The molecule has 0 amide bonds. The Hall–Kier alpha value is -1.55. The number of ketones is 1. The molecule has 3 nitrogen and oxygen atoms in total. The predicted molar refractivity (Wildman–Crippen MR) is 59.1 cm³/mol. The highest BCUT2D eigenvalue weighted by Gasteiger charge is 2.08. The van der Waals surface area contributed by atoms with Gasteiger partial charge in [-0.15, -0.1) is 11.3 Å². The summed E-state index contributed by atoms with van der Waals surface area (Å²) < 4.78 is 0. The number of hydrogen-bond donors (Lipinski definition) is 0. The molecule has 0 fully saturated rings. The summed E-state index contributed by atoms with van der Waals surface area (Å²) in [4.78, 5) is 19.9. The zero-order valence-corrected chi connectivity index (χ0v) is 9.12. The van der Waals surface area contributed by atoms with E-state index in [1.54, 1.807) is 35.9 Å². The molecule has 76 valence electrons. The summed E-state index contributed by atoms with van der Waals surface area (Å²) in [6.45, 7) is 1.93. The van der Waals surface area contributed by atoms with Gasteiger partial charge in [-0.3, -0.25) is 9.78 Å². The number of pyridine rings is 1. The molecular formula is C11H10N2OS. The Labute approximate surface area is 91.8 Å². The van der Waals surface area contributed by atoms with Gasteiger partial charge < -0.3 is 0 Å². The molecule has 2 aromatic rings. The van der Waals surface area contributed by atoms with Crippen molar-refractivity contribution in [3.8, 4) is 0 Å². The monoisotopic (exact) mass is 218 g/mol. The third kappa shape index (κ3) is 2.47. The second-order valence-electron chi connectivity index (χ2n) is 3.20. The quantitative estimate of drug-likeness (QED) is 0.742. The molecule has 2 heterocycles. The summed E-state index contributed by atoms with van der Waals surface area (Å²) in [6.07, 6.45) is 3.60. The standard InChI is InChI=1S/C11H10N2OS/c1-8-13-10(7-15-8)5-11(14)9-3-2-4-12-6-9/h2-4,6-7H,5H2,1H3. The zero-order chi connectivity index (χ0) is 10.7. The molecule has 2 rings (SSSR count). The maximum atomic E-state index is 11.7. The lowest BCUT2D eigenvalue weighted by molar-refractivity contribution is 0.0992. The molecule has 0 aliphatic heterocycles. The molecule has 0 radical (unpaired) electrons. The van der Waals surface area contributed by atoms with Gasteiger partial charge in [0.1, 0.15) is 0 Å². The fraction of sp³-hybridized carbons (Fsp3) is 0.182. The van der Waals surface area contributed by atoms with Crippen molar-refractivity contribution in [2.24, 2.45) is 0 Å². The Morgan fingerprint density at radius 2 is 2.40 bits per heavy atom. The Balaban J connectivity index is 2.11. The van der Waals surface area contributed by atoms with E-state index in [-0.39, 0.29) is 5.78 Å². The van der Waals surface area contributed by atoms with Crippen LogP contribution in [0.25, 0.3) is 0 Å². The summed E-state index contributed by atoms with van der Waals surface area (Å²) in [5.41, 5.74) is 1.48. The molecule has 0 atom stereocenters. The molecule has 0 saturated heterocycles. The second kappa shape index (κ2) is 4.31. The number of nitrogens with zero attached hydrogens (tertiary/aromatic N) is 2. The SMILES string of the molecule is Cc1nc(CC(=O)c2cccnc2)cs1. The van der Waals surface area contributed by atoms with Gasteiger partial charge in [0, 0.05) is 23.3 Å². The van der Waals surface area contributed by atoms with E-state index in [1.165, 1.54) is 0 Å². The number of Topliss-reactive ketones (excluding diaryl/α,β-unsaturated/α-hetero) is 1. The number of carbonyl (C=O) groups is 1. The summed E-state index contributed by atoms with van der Waals surface area (Å²) in [5.74, 6) is 0.0633. The summed E-state index contributed by atoms with van der Waals surface area (Å²) >= 11 is 1.56. The van der Waals surface area contributed by atoms with Gasteiger partial charge in [-0.25, -0.2) is 4.98 Å². The molecule has 0 aromatic carbocycles. The van der Waals surface area contributed by atoms with Gasteiger partial charge in [0.2, 0.25) is 0 Å². The van der Waals surface area contributed by atoms with Crippen molar-refractivity contribution < 1.29 is 4.79 Å². The highest BCUT2D eigenvalue weighted by Crippen LogP contribution is 2.10. The summed E-state index contributed by atoms with van der Waals surface area (Å²) in [5, 5.41) is 2.91. The van der Waals surface area contributed by atoms with E-state index in [1.807, 2.05) is 12.3 Å². The molecule has 0 bridgehead atoms. The normalized spacial score (nSPS) is 10.2. The third-order valence-corrected chi connectivity index (χ3v) is 2.81. The van der Waals surface area contributed by atoms with Gasteiger partial charge in [-0.1, -0.05) is 0 Å². The van der Waals surface area contributed by atoms with E-state index >= 15 is 0 Å². The first-order valence-corrected chi connectivity index (χ1v) is 5.48. The molecule has 0 aliphatic carbocycles. The minimum absolute atomic E-state index is 0.0633. The largest absolute Gasteiger partial charge is 0.294 e. The maximum Gasteiger partial charge on any atom is 0.170 e. The fourth-order valence-corrected chi connectivity index (χ4v) is 1.90. The van der Waals surface area contributed by atoms with E-state index in [2.05, 4.69) is 9.97 Å². The van der Waals surface area contributed by atoms with Crippen molar-refractivity contribution in [3.05, 3.63) is 46.2 Å². The van der Waals surface area contributed by atoms with Crippen LogP contribution in [0.2, 0.25) is 0 Å². The Bertz CT molecular complexity index is 464. The van der Waals surface area contributed by atoms with Crippen molar-refractivity contribution in [3.63, 3.8) is 0 Å². The molecule has 0 spiro atoms. The van der Waals surface area contributed by atoms with Crippen LogP contribution < -0.4 is 0 Å². The van der Waals surface area contributed by atoms with Gasteiger partial charge >= 0.3 is 0 Å². The van der Waals surface area contributed by atoms with Crippen molar-refractivity contribution in [2.45, 2.75) is 13.3 Å². The molecule has 0 N–H and O–H groups in total. The number of hydrogen-bond acceptors (Lipinski definition) is 4. The molecular weight excluding hydrogens is 208 g/mol. The minimum atomic E-state index is 0.0633. The lowest BCUT2D eigenvalue weighted by atomic mass is 10.1. The lowest BCUT2D eigenvalue weighted by Crippen LogP contribution is -2.03. The molecule has 4 heteroatoms. The third-order valence-electron chi connectivity index (χ3n) is 1.99. The molecule has 0 unspecified atom stereocenters. The van der Waals surface area contributed by atoms with Crippen LogP contribution in [-0.2, 0) is 6.42 Å². The van der Waals surface area contributed by atoms with Crippen LogP contribution in [0.5, 0.6) is 0 Å². The van der Waals surface area contributed by atoms with Crippen molar-refractivity contribution in [1.82, 2.24) is 9.97 Å². The predicted octanol–water partition coefficient (Wildman–Crippen LogP) is 2.27. The molecule has 2 aromatic heterocycles. The van der Waals surface area contributed by atoms with Crippen LogP contribution in [0, 0.1) is 6.92 Å². The number of carbonyl (C=O) groups excluding carboxylic acids is 1. The highest BCUT2D eigenvalue weighted by atomic mass is 32.1. The summed E-state index contributed by atoms with van der Waals surface area (Å²) in [7, 11) is 0. The zero-order valence-electron chi connectivity index (χ0n) is 8.30. The minimum Gasteiger partial charge on any atom is -0.294 e.